The number of rotatable bonds is 3. The number of aromatic nitrogens is 4. The Morgan fingerprint density at radius 1 is 1.00 bits per heavy atom. The van der Waals surface area contributed by atoms with Gasteiger partial charge >= 0.3 is 0 Å². The zero-order chi connectivity index (χ0) is 13.9. The molecule has 3 rings (SSSR count). The van der Waals surface area contributed by atoms with Crippen molar-refractivity contribution >= 4 is 5.78 Å². The molecule has 0 atom stereocenters. The Hall–Kier alpha value is -2.82. The van der Waals surface area contributed by atoms with Crippen LogP contribution in [0.15, 0.2) is 54.9 Å². The van der Waals surface area contributed by atoms with E-state index >= 15 is 0 Å². The van der Waals surface area contributed by atoms with E-state index < -0.39 is 0 Å². The van der Waals surface area contributed by atoms with Crippen LogP contribution in [0.25, 0.3) is 17.2 Å². The topological polar surface area (TPSA) is 60.7 Å². The molecule has 0 spiro atoms. The molecular formula is C15H12N4O. The highest BCUT2D eigenvalue weighted by atomic mass is 16.1. The number of pyridine rings is 2. The van der Waals surface area contributed by atoms with Crippen LogP contribution in [0.4, 0.5) is 0 Å². The number of Topliss-reactive ketones (excluding diaryl/α,β-unsaturated/α-hetero) is 1. The minimum Gasteiger partial charge on any atom is -0.293 e. The van der Waals surface area contributed by atoms with Crippen LogP contribution in [-0.4, -0.2) is 25.5 Å². The van der Waals surface area contributed by atoms with Crippen molar-refractivity contribution in [2.75, 3.05) is 0 Å². The second kappa shape index (κ2) is 5.05. The van der Waals surface area contributed by atoms with Crippen LogP contribution in [-0.2, 0) is 0 Å². The average molecular weight is 264 g/mol. The summed E-state index contributed by atoms with van der Waals surface area (Å²) in [6.45, 7) is 1.51. The van der Waals surface area contributed by atoms with Gasteiger partial charge in [-0.15, -0.1) is 0 Å². The zero-order valence-electron chi connectivity index (χ0n) is 10.9. The molecule has 0 amide bonds. The monoisotopic (exact) mass is 264 g/mol. The molecular weight excluding hydrogens is 252 g/mol. The summed E-state index contributed by atoms with van der Waals surface area (Å²) < 4.78 is 1.54. The van der Waals surface area contributed by atoms with E-state index in [-0.39, 0.29) is 5.78 Å². The summed E-state index contributed by atoms with van der Waals surface area (Å²) in [6.07, 6.45) is 3.31. The second-order valence-electron chi connectivity index (χ2n) is 4.28. The van der Waals surface area contributed by atoms with Gasteiger partial charge < -0.3 is 0 Å². The minimum absolute atomic E-state index is 0.0486. The summed E-state index contributed by atoms with van der Waals surface area (Å²) in [4.78, 5) is 20.3. The first kappa shape index (κ1) is 12.2. The summed E-state index contributed by atoms with van der Waals surface area (Å²) in [5, 5.41) is 4.16. The normalized spacial score (nSPS) is 10.4. The van der Waals surface area contributed by atoms with Crippen LogP contribution in [0.2, 0.25) is 0 Å². The van der Waals surface area contributed by atoms with Crippen LogP contribution < -0.4 is 0 Å². The maximum atomic E-state index is 11.6. The lowest BCUT2D eigenvalue weighted by molar-refractivity contribution is 0.101. The first-order chi connectivity index (χ1) is 9.75. The average Bonchev–Trinajstić information content (AvgIpc) is 2.98. The van der Waals surface area contributed by atoms with Crippen LogP contribution in [0.5, 0.6) is 0 Å². The third-order valence-corrected chi connectivity index (χ3v) is 2.88. The smallest absolute Gasteiger partial charge is 0.178 e. The first-order valence-electron chi connectivity index (χ1n) is 6.19. The van der Waals surface area contributed by atoms with Gasteiger partial charge in [-0.2, -0.15) is 5.10 Å². The van der Waals surface area contributed by atoms with Crippen LogP contribution in [0.1, 0.15) is 17.4 Å². The van der Waals surface area contributed by atoms with Crippen molar-refractivity contribution in [1.29, 1.82) is 0 Å². The van der Waals surface area contributed by atoms with E-state index in [2.05, 4.69) is 15.1 Å². The maximum Gasteiger partial charge on any atom is 0.178 e. The Bertz CT molecular complexity index is 749. The highest BCUT2D eigenvalue weighted by molar-refractivity contribution is 5.92. The Morgan fingerprint density at radius 3 is 2.60 bits per heavy atom. The van der Waals surface area contributed by atoms with E-state index in [0.29, 0.717) is 11.5 Å². The molecule has 3 aromatic rings. The molecule has 0 saturated heterocycles. The molecule has 3 heterocycles. The summed E-state index contributed by atoms with van der Waals surface area (Å²) in [7, 11) is 0. The lowest BCUT2D eigenvalue weighted by Crippen LogP contribution is -2.08. The van der Waals surface area contributed by atoms with E-state index in [0.717, 1.165) is 11.4 Å². The number of carbonyl (C=O) groups is 1. The van der Waals surface area contributed by atoms with Gasteiger partial charge in [0.05, 0.1) is 17.6 Å². The molecule has 0 radical (unpaired) electrons. The molecule has 3 aromatic heterocycles. The quantitative estimate of drug-likeness (QED) is 0.682. The van der Waals surface area contributed by atoms with Gasteiger partial charge in [-0.25, -0.2) is 9.67 Å². The number of nitrogens with zero attached hydrogens (tertiary/aromatic N) is 4. The van der Waals surface area contributed by atoms with E-state index in [1.165, 1.54) is 11.6 Å². The summed E-state index contributed by atoms with van der Waals surface area (Å²) in [5.41, 5.74) is 2.04. The van der Waals surface area contributed by atoms with E-state index in [1.807, 2.05) is 36.4 Å². The largest absolute Gasteiger partial charge is 0.293 e. The number of hydrogen-bond donors (Lipinski definition) is 0. The molecule has 0 aliphatic rings. The summed E-state index contributed by atoms with van der Waals surface area (Å²) >= 11 is 0. The van der Waals surface area contributed by atoms with Gasteiger partial charge in [0.2, 0.25) is 0 Å². The minimum atomic E-state index is -0.0486. The molecule has 0 unspecified atom stereocenters. The van der Waals surface area contributed by atoms with Crippen molar-refractivity contribution < 1.29 is 4.79 Å². The van der Waals surface area contributed by atoms with Gasteiger partial charge in [0, 0.05) is 13.1 Å². The van der Waals surface area contributed by atoms with E-state index in [4.69, 9.17) is 0 Å². The summed E-state index contributed by atoms with van der Waals surface area (Å²) in [6, 6.07) is 12.9. The van der Waals surface area contributed by atoms with Crippen LogP contribution >= 0.6 is 0 Å². The van der Waals surface area contributed by atoms with Crippen LogP contribution in [0.3, 0.4) is 0 Å². The highest BCUT2D eigenvalue weighted by Crippen LogP contribution is 2.16. The lowest BCUT2D eigenvalue weighted by Gasteiger charge is -2.06. The number of hydrogen-bond acceptors (Lipinski definition) is 4. The van der Waals surface area contributed by atoms with Gasteiger partial charge in [0.1, 0.15) is 5.69 Å². The van der Waals surface area contributed by atoms with E-state index in [1.54, 1.807) is 18.5 Å². The SMILES string of the molecule is CC(=O)c1ccnn1-c1cccc(-c2ccccn2)n1. The zero-order valence-corrected chi connectivity index (χ0v) is 10.9. The molecule has 0 N–H and O–H groups in total. The van der Waals surface area contributed by atoms with Gasteiger partial charge in [-0.05, 0) is 30.3 Å². The maximum absolute atomic E-state index is 11.6. The van der Waals surface area contributed by atoms with Crippen molar-refractivity contribution in [3.63, 3.8) is 0 Å². The second-order valence-corrected chi connectivity index (χ2v) is 4.28. The molecule has 0 aliphatic carbocycles. The lowest BCUT2D eigenvalue weighted by atomic mass is 10.2. The third-order valence-electron chi connectivity index (χ3n) is 2.88. The van der Waals surface area contributed by atoms with Gasteiger partial charge in [0.15, 0.2) is 11.6 Å². The predicted molar refractivity (Wildman–Crippen MR) is 74.6 cm³/mol. The molecule has 20 heavy (non-hydrogen) atoms. The fraction of sp³-hybridized carbons (Fsp3) is 0.0667. The molecule has 0 fully saturated rings. The highest BCUT2D eigenvalue weighted by Gasteiger charge is 2.11. The Labute approximate surface area is 115 Å². The van der Waals surface area contributed by atoms with Crippen LogP contribution in [0, 0.1) is 0 Å². The Balaban J connectivity index is 2.08. The molecule has 0 bridgehead atoms. The van der Waals surface area contributed by atoms with Crippen molar-refractivity contribution in [1.82, 2.24) is 19.7 Å². The van der Waals surface area contributed by atoms with Crippen molar-refractivity contribution in [3.05, 3.63) is 60.6 Å². The third kappa shape index (κ3) is 2.21. The molecule has 5 heteroatoms. The Kier molecular flexibility index (Phi) is 3.09. The predicted octanol–water partition coefficient (Wildman–Crippen LogP) is 2.53. The molecule has 98 valence electrons. The number of carbonyl (C=O) groups excluding carboxylic acids is 1. The van der Waals surface area contributed by atoms with Gasteiger partial charge in [0.25, 0.3) is 0 Å². The fourth-order valence-electron chi connectivity index (χ4n) is 1.95. The van der Waals surface area contributed by atoms with Gasteiger partial charge in [-0.3, -0.25) is 9.78 Å². The molecule has 0 aromatic carbocycles. The standard InChI is InChI=1S/C15H12N4O/c1-11(20)14-8-10-17-19(14)15-7-4-6-13(18-15)12-5-2-3-9-16-12/h2-10H,1H3. The van der Waals surface area contributed by atoms with E-state index in [9.17, 15) is 4.79 Å². The van der Waals surface area contributed by atoms with Crippen molar-refractivity contribution in [2.24, 2.45) is 0 Å². The van der Waals surface area contributed by atoms with Crippen molar-refractivity contribution in [2.45, 2.75) is 6.92 Å². The Morgan fingerprint density at radius 2 is 1.85 bits per heavy atom. The molecule has 0 saturated carbocycles. The number of ketones is 1. The first-order valence-corrected chi connectivity index (χ1v) is 6.19. The molecule has 5 nitrogen and oxygen atoms in total. The van der Waals surface area contributed by atoms with Gasteiger partial charge in [-0.1, -0.05) is 12.1 Å². The summed E-state index contributed by atoms with van der Waals surface area (Å²) in [5.74, 6) is 0.552. The molecule has 0 aliphatic heterocycles. The van der Waals surface area contributed by atoms with Crippen molar-refractivity contribution in [3.8, 4) is 17.2 Å². The fourth-order valence-corrected chi connectivity index (χ4v) is 1.95.